The van der Waals surface area contributed by atoms with Gasteiger partial charge in [0.1, 0.15) is 12.4 Å². The number of anilines is 2. The number of hydrogen-bond acceptors (Lipinski definition) is 6. The van der Waals surface area contributed by atoms with Crippen LogP contribution in [0.2, 0.25) is 10.0 Å². The number of methoxy groups -OCH3 is 1. The van der Waals surface area contributed by atoms with Crippen LogP contribution in [0, 0.1) is 5.92 Å². The van der Waals surface area contributed by atoms with E-state index in [1.165, 1.54) is 7.11 Å². The van der Waals surface area contributed by atoms with Crippen LogP contribution in [0.15, 0.2) is 60.7 Å². The fourth-order valence-electron chi connectivity index (χ4n) is 3.92. The molecule has 37 heavy (non-hydrogen) atoms. The molecule has 0 aliphatic carbocycles. The Hall–Kier alpha value is -3.62. The van der Waals surface area contributed by atoms with Gasteiger partial charge in [0.05, 0.1) is 25.3 Å². The second kappa shape index (κ2) is 12.1. The maximum absolute atomic E-state index is 12.8. The number of benzene rings is 3. The summed E-state index contributed by atoms with van der Waals surface area (Å²) < 4.78 is 16.8. The average Bonchev–Trinajstić information content (AvgIpc) is 3.29. The number of nitrogens with zero attached hydrogens (tertiary/aromatic N) is 1. The maximum Gasteiger partial charge on any atom is 0.243 e. The van der Waals surface area contributed by atoms with Crippen LogP contribution in [0.1, 0.15) is 18.9 Å². The highest BCUT2D eigenvalue weighted by molar-refractivity contribution is 6.35. The van der Waals surface area contributed by atoms with Crippen molar-refractivity contribution in [2.24, 2.45) is 5.92 Å². The van der Waals surface area contributed by atoms with E-state index in [2.05, 4.69) is 10.9 Å². The molecule has 3 aromatic carbocycles. The Morgan fingerprint density at radius 1 is 1.03 bits per heavy atom. The maximum atomic E-state index is 12.8. The standard InChI is InChI=1S/C27H27Cl2N3O5/c1-3-36-22-9-7-21(8-10-22)32-15-18(12-26(32)33)27(34)31-30-20-6-11-24(25(14-20)35-2)37-16-17-4-5-19(28)13-23(17)29/h4-11,13-14,18,30H,3,12,15-16H2,1-2H3,(H,31,34)/t18-/m1/s1. The smallest absolute Gasteiger partial charge is 0.243 e. The van der Waals surface area contributed by atoms with E-state index in [-0.39, 0.29) is 24.8 Å². The van der Waals surface area contributed by atoms with Crippen LogP contribution in [-0.4, -0.2) is 32.1 Å². The number of nitrogens with one attached hydrogen (secondary N) is 2. The van der Waals surface area contributed by atoms with Gasteiger partial charge in [-0.1, -0.05) is 29.3 Å². The fraction of sp³-hybridized carbons (Fsp3) is 0.259. The van der Waals surface area contributed by atoms with Gasteiger partial charge in [0.2, 0.25) is 11.8 Å². The number of carbonyl (C=O) groups is 2. The van der Waals surface area contributed by atoms with Crippen LogP contribution >= 0.6 is 23.2 Å². The molecule has 1 fully saturated rings. The van der Waals surface area contributed by atoms with Gasteiger partial charge in [-0.25, -0.2) is 0 Å². The third kappa shape index (κ3) is 6.58. The molecular formula is C27H27Cl2N3O5. The second-order valence-corrected chi connectivity index (χ2v) is 9.18. The molecule has 0 spiro atoms. The lowest BCUT2D eigenvalue weighted by Crippen LogP contribution is -2.36. The molecule has 1 saturated heterocycles. The molecule has 0 bridgehead atoms. The van der Waals surface area contributed by atoms with Crippen molar-refractivity contribution in [1.82, 2.24) is 5.43 Å². The molecule has 1 heterocycles. The van der Waals surface area contributed by atoms with E-state index in [1.54, 1.807) is 41.3 Å². The Morgan fingerprint density at radius 2 is 1.81 bits per heavy atom. The number of rotatable bonds is 10. The summed E-state index contributed by atoms with van der Waals surface area (Å²) in [5, 5.41) is 1.06. The fourth-order valence-corrected chi connectivity index (χ4v) is 4.38. The summed E-state index contributed by atoms with van der Waals surface area (Å²) >= 11 is 12.2. The molecule has 4 rings (SSSR count). The number of halogens is 2. The van der Waals surface area contributed by atoms with Crippen molar-refractivity contribution in [1.29, 1.82) is 0 Å². The summed E-state index contributed by atoms with van der Waals surface area (Å²) in [6.45, 7) is 3.00. The van der Waals surface area contributed by atoms with Crippen molar-refractivity contribution >= 4 is 46.4 Å². The summed E-state index contributed by atoms with van der Waals surface area (Å²) in [4.78, 5) is 26.9. The quantitative estimate of drug-likeness (QED) is 0.329. The summed E-state index contributed by atoms with van der Waals surface area (Å²) in [6, 6.07) is 17.6. The van der Waals surface area contributed by atoms with Crippen LogP contribution in [0.3, 0.4) is 0 Å². The lowest BCUT2D eigenvalue weighted by molar-refractivity contribution is -0.125. The third-order valence-corrected chi connectivity index (χ3v) is 6.43. The van der Waals surface area contributed by atoms with E-state index in [0.29, 0.717) is 40.4 Å². The zero-order chi connectivity index (χ0) is 26.4. The van der Waals surface area contributed by atoms with Crippen LogP contribution in [0.25, 0.3) is 0 Å². The van der Waals surface area contributed by atoms with Crippen LogP contribution in [-0.2, 0) is 16.2 Å². The van der Waals surface area contributed by atoms with E-state index in [0.717, 1.165) is 17.0 Å². The zero-order valence-electron chi connectivity index (χ0n) is 20.4. The van der Waals surface area contributed by atoms with Crippen molar-refractivity contribution in [2.75, 3.05) is 30.6 Å². The molecule has 0 aromatic heterocycles. The number of amides is 2. The topological polar surface area (TPSA) is 89.1 Å². The molecule has 0 radical (unpaired) electrons. The first-order valence-electron chi connectivity index (χ1n) is 11.7. The van der Waals surface area contributed by atoms with Gasteiger partial charge in [0, 0.05) is 40.3 Å². The van der Waals surface area contributed by atoms with Gasteiger partial charge in [-0.15, -0.1) is 0 Å². The molecule has 10 heteroatoms. The Labute approximate surface area is 225 Å². The molecule has 1 aliphatic heterocycles. The molecule has 194 valence electrons. The average molecular weight is 544 g/mol. The summed E-state index contributed by atoms with van der Waals surface area (Å²) in [5.74, 6) is 0.851. The SMILES string of the molecule is CCOc1ccc(N2C[C@H](C(=O)NNc3ccc(OCc4ccc(Cl)cc4Cl)c(OC)c3)CC2=O)cc1. The predicted molar refractivity (Wildman–Crippen MR) is 144 cm³/mol. The van der Waals surface area contributed by atoms with Gasteiger partial charge < -0.3 is 19.1 Å². The van der Waals surface area contributed by atoms with Crippen molar-refractivity contribution in [2.45, 2.75) is 20.0 Å². The highest BCUT2D eigenvalue weighted by Crippen LogP contribution is 2.32. The minimum Gasteiger partial charge on any atom is -0.494 e. The summed E-state index contributed by atoms with van der Waals surface area (Å²) in [5.41, 5.74) is 7.68. The number of hydrazine groups is 1. The molecule has 2 N–H and O–H groups in total. The highest BCUT2D eigenvalue weighted by Gasteiger charge is 2.35. The Kier molecular flexibility index (Phi) is 8.63. The first kappa shape index (κ1) is 26.4. The first-order valence-corrected chi connectivity index (χ1v) is 12.5. The Balaban J connectivity index is 1.32. The minimum atomic E-state index is -0.486. The predicted octanol–water partition coefficient (Wildman–Crippen LogP) is 5.48. The van der Waals surface area contributed by atoms with E-state index in [9.17, 15) is 9.59 Å². The minimum absolute atomic E-state index is 0.103. The first-order chi connectivity index (χ1) is 17.9. The van der Waals surface area contributed by atoms with E-state index < -0.39 is 5.92 Å². The molecular weight excluding hydrogens is 517 g/mol. The van der Waals surface area contributed by atoms with E-state index >= 15 is 0 Å². The summed E-state index contributed by atoms with van der Waals surface area (Å²) in [6.07, 6.45) is 0.129. The molecule has 1 atom stereocenters. The number of carbonyl (C=O) groups excluding carboxylic acids is 2. The van der Waals surface area contributed by atoms with Crippen molar-refractivity contribution in [3.05, 3.63) is 76.3 Å². The lowest BCUT2D eigenvalue weighted by Gasteiger charge is -2.18. The van der Waals surface area contributed by atoms with Gasteiger partial charge in [0.15, 0.2) is 11.5 Å². The third-order valence-electron chi connectivity index (χ3n) is 5.85. The molecule has 1 aliphatic rings. The van der Waals surface area contributed by atoms with Crippen LogP contribution in [0.4, 0.5) is 11.4 Å². The normalized spacial score (nSPS) is 14.9. The van der Waals surface area contributed by atoms with Gasteiger partial charge >= 0.3 is 0 Å². The van der Waals surface area contributed by atoms with Gasteiger partial charge in [0.25, 0.3) is 0 Å². The molecule has 3 aromatic rings. The Bertz CT molecular complexity index is 1270. The molecule has 2 amide bonds. The van der Waals surface area contributed by atoms with E-state index in [4.69, 9.17) is 37.4 Å². The van der Waals surface area contributed by atoms with E-state index in [1.807, 2.05) is 31.2 Å². The monoisotopic (exact) mass is 543 g/mol. The van der Waals surface area contributed by atoms with Gasteiger partial charge in [-0.2, -0.15) is 0 Å². The van der Waals surface area contributed by atoms with Crippen LogP contribution < -0.4 is 30.0 Å². The van der Waals surface area contributed by atoms with Crippen molar-refractivity contribution in [3.63, 3.8) is 0 Å². The second-order valence-electron chi connectivity index (χ2n) is 8.34. The number of hydrogen-bond donors (Lipinski definition) is 2. The van der Waals surface area contributed by atoms with Gasteiger partial charge in [-0.05, 0) is 55.5 Å². The lowest BCUT2D eigenvalue weighted by atomic mass is 10.1. The molecule has 0 saturated carbocycles. The van der Waals surface area contributed by atoms with Gasteiger partial charge in [-0.3, -0.25) is 20.4 Å². The van der Waals surface area contributed by atoms with Crippen LogP contribution in [0.5, 0.6) is 17.2 Å². The van der Waals surface area contributed by atoms with Crippen molar-refractivity contribution < 1.29 is 23.8 Å². The molecule has 8 nitrogen and oxygen atoms in total. The van der Waals surface area contributed by atoms with Crippen molar-refractivity contribution in [3.8, 4) is 17.2 Å². The summed E-state index contributed by atoms with van der Waals surface area (Å²) in [7, 11) is 1.53. The number of ether oxygens (including phenoxy) is 3. The highest BCUT2D eigenvalue weighted by atomic mass is 35.5. The Morgan fingerprint density at radius 3 is 2.51 bits per heavy atom. The zero-order valence-corrected chi connectivity index (χ0v) is 21.9. The molecule has 0 unspecified atom stereocenters. The largest absolute Gasteiger partial charge is 0.494 e.